The molecule has 1 aromatic carbocycles. The smallest absolute Gasteiger partial charge is 0.220 e. The number of ether oxygens (including phenoxy) is 1. The lowest BCUT2D eigenvalue weighted by molar-refractivity contribution is -0.125. The van der Waals surface area contributed by atoms with Crippen molar-refractivity contribution in [2.75, 3.05) is 19.4 Å². The zero-order valence-electron chi connectivity index (χ0n) is 12.3. The zero-order valence-corrected chi connectivity index (χ0v) is 12.3. The van der Waals surface area contributed by atoms with Gasteiger partial charge in [-0.05, 0) is 42.9 Å². The summed E-state index contributed by atoms with van der Waals surface area (Å²) in [6.07, 6.45) is 3.75. The van der Waals surface area contributed by atoms with E-state index in [9.17, 15) is 4.79 Å². The molecule has 3 N–H and O–H groups in total. The third-order valence-electron chi connectivity index (χ3n) is 4.30. The molecule has 4 heteroatoms. The second-order valence-corrected chi connectivity index (χ2v) is 5.79. The van der Waals surface area contributed by atoms with Gasteiger partial charge in [0.05, 0.1) is 5.60 Å². The summed E-state index contributed by atoms with van der Waals surface area (Å²) in [6, 6.07) is 7.71. The van der Waals surface area contributed by atoms with Gasteiger partial charge in [0, 0.05) is 25.8 Å². The van der Waals surface area contributed by atoms with Crippen molar-refractivity contribution in [2.24, 2.45) is 0 Å². The third-order valence-corrected chi connectivity index (χ3v) is 4.30. The van der Waals surface area contributed by atoms with Crippen LogP contribution in [0.1, 0.15) is 44.1 Å². The number of rotatable bonds is 6. The SMILES string of the molecule is COC1(CNC(=O)CC(C)c2ccc(N)cc2)CCC1. The summed E-state index contributed by atoms with van der Waals surface area (Å²) in [5.74, 6) is 0.271. The van der Waals surface area contributed by atoms with Crippen LogP contribution in [0.3, 0.4) is 0 Å². The molecule has 1 saturated carbocycles. The van der Waals surface area contributed by atoms with Gasteiger partial charge in [-0.2, -0.15) is 0 Å². The van der Waals surface area contributed by atoms with Gasteiger partial charge in [0.25, 0.3) is 0 Å². The predicted molar refractivity (Wildman–Crippen MR) is 80.5 cm³/mol. The Morgan fingerprint density at radius 1 is 1.40 bits per heavy atom. The van der Waals surface area contributed by atoms with Crippen molar-refractivity contribution in [3.8, 4) is 0 Å². The highest BCUT2D eigenvalue weighted by molar-refractivity contribution is 5.77. The first-order chi connectivity index (χ1) is 9.54. The summed E-state index contributed by atoms with van der Waals surface area (Å²) in [6.45, 7) is 2.68. The van der Waals surface area contributed by atoms with E-state index in [0.717, 1.165) is 24.1 Å². The molecule has 1 aliphatic rings. The molecule has 1 amide bonds. The number of hydrogen-bond donors (Lipinski definition) is 2. The molecule has 1 aliphatic carbocycles. The van der Waals surface area contributed by atoms with E-state index in [2.05, 4.69) is 12.2 Å². The second-order valence-electron chi connectivity index (χ2n) is 5.79. The molecule has 0 heterocycles. The zero-order chi connectivity index (χ0) is 14.6. The standard InChI is InChI=1S/C16H24N2O2/c1-12(13-4-6-14(17)7-5-13)10-15(19)18-11-16(20-2)8-3-9-16/h4-7,12H,3,8-11,17H2,1-2H3,(H,18,19). The monoisotopic (exact) mass is 276 g/mol. The molecule has 110 valence electrons. The van der Waals surface area contributed by atoms with Crippen LogP contribution in [0.2, 0.25) is 0 Å². The van der Waals surface area contributed by atoms with Gasteiger partial charge in [-0.15, -0.1) is 0 Å². The summed E-state index contributed by atoms with van der Waals surface area (Å²) < 4.78 is 5.50. The Morgan fingerprint density at radius 2 is 2.05 bits per heavy atom. The number of benzene rings is 1. The van der Waals surface area contributed by atoms with Crippen molar-refractivity contribution in [1.82, 2.24) is 5.32 Å². The highest BCUT2D eigenvalue weighted by atomic mass is 16.5. The average molecular weight is 276 g/mol. The van der Waals surface area contributed by atoms with Crippen LogP contribution in [-0.4, -0.2) is 25.2 Å². The molecule has 4 nitrogen and oxygen atoms in total. The first-order valence-corrected chi connectivity index (χ1v) is 7.22. The number of carbonyl (C=O) groups excluding carboxylic acids is 1. The van der Waals surface area contributed by atoms with E-state index < -0.39 is 0 Å². The molecular weight excluding hydrogens is 252 g/mol. The van der Waals surface area contributed by atoms with E-state index in [4.69, 9.17) is 10.5 Å². The van der Waals surface area contributed by atoms with Crippen molar-refractivity contribution in [2.45, 2.75) is 44.1 Å². The Labute approximate surface area is 120 Å². The fraction of sp³-hybridized carbons (Fsp3) is 0.562. The summed E-state index contributed by atoms with van der Waals surface area (Å²) in [7, 11) is 1.72. The van der Waals surface area contributed by atoms with Gasteiger partial charge in [-0.3, -0.25) is 4.79 Å². The number of hydrogen-bond acceptors (Lipinski definition) is 3. The topological polar surface area (TPSA) is 64.3 Å². The van der Waals surface area contributed by atoms with E-state index >= 15 is 0 Å². The van der Waals surface area contributed by atoms with Crippen molar-refractivity contribution in [1.29, 1.82) is 0 Å². The maximum Gasteiger partial charge on any atom is 0.220 e. The van der Waals surface area contributed by atoms with Crippen LogP contribution in [0.4, 0.5) is 5.69 Å². The van der Waals surface area contributed by atoms with Crippen LogP contribution >= 0.6 is 0 Å². The van der Waals surface area contributed by atoms with E-state index in [1.807, 2.05) is 24.3 Å². The lowest BCUT2D eigenvalue weighted by Gasteiger charge is -2.40. The normalized spacial score (nSPS) is 18.1. The lowest BCUT2D eigenvalue weighted by atomic mass is 9.80. The molecule has 20 heavy (non-hydrogen) atoms. The molecule has 0 spiro atoms. The minimum absolute atomic E-state index is 0.0812. The van der Waals surface area contributed by atoms with Crippen LogP contribution in [0.15, 0.2) is 24.3 Å². The van der Waals surface area contributed by atoms with Gasteiger partial charge in [0.15, 0.2) is 0 Å². The van der Waals surface area contributed by atoms with E-state index in [1.165, 1.54) is 6.42 Å². The Kier molecular flexibility index (Phi) is 4.65. The number of methoxy groups -OCH3 is 1. The summed E-state index contributed by atoms with van der Waals surface area (Å²) in [5, 5.41) is 3.00. The Bertz CT molecular complexity index is 447. The summed E-state index contributed by atoms with van der Waals surface area (Å²) >= 11 is 0. The minimum atomic E-state index is -0.111. The molecule has 0 saturated heterocycles. The van der Waals surface area contributed by atoms with Crippen LogP contribution in [0.25, 0.3) is 0 Å². The van der Waals surface area contributed by atoms with Gasteiger partial charge < -0.3 is 15.8 Å². The molecule has 0 radical (unpaired) electrons. The molecule has 1 atom stereocenters. The summed E-state index contributed by atoms with van der Waals surface area (Å²) in [5.41, 5.74) is 7.44. The van der Waals surface area contributed by atoms with Crippen LogP contribution in [0, 0.1) is 0 Å². The van der Waals surface area contributed by atoms with Crippen molar-refractivity contribution in [3.63, 3.8) is 0 Å². The van der Waals surface area contributed by atoms with E-state index in [0.29, 0.717) is 13.0 Å². The maximum atomic E-state index is 12.0. The number of carbonyl (C=O) groups is 1. The fourth-order valence-corrected chi connectivity index (χ4v) is 2.58. The Balaban J connectivity index is 1.80. The number of anilines is 1. The van der Waals surface area contributed by atoms with Gasteiger partial charge in [-0.25, -0.2) is 0 Å². The first-order valence-electron chi connectivity index (χ1n) is 7.22. The average Bonchev–Trinajstić information content (AvgIpc) is 2.38. The molecule has 0 aliphatic heterocycles. The third kappa shape index (κ3) is 3.51. The second kappa shape index (κ2) is 6.27. The highest BCUT2D eigenvalue weighted by Gasteiger charge is 2.37. The van der Waals surface area contributed by atoms with Gasteiger partial charge in [0.1, 0.15) is 0 Å². The van der Waals surface area contributed by atoms with E-state index in [1.54, 1.807) is 7.11 Å². The van der Waals surface area contributed by atoms with Gasteiger partial charge >= 0.3 is 0 Å². The molecule has 0 aromatic heterocycles. The molecule has 0 bridgehead atoms. The van der Waals surface area contributed by atoms with Crippen molar-refractivity contribution in [3.05, 3.63) is 29.8 Å². The number of nitrogen functional groups attached to an aromatic ring is 1. The summed E-state index contributed by atoms with van der Waals surface area (Å²) in [4.78, 5) is 12.0. The Morgan fingerprint density at radius 3 is 2.55 bits per heavy atom. The van der Waals surface area contributed by atoms with E-state index in [-0.39, 0.29) is 17.4 Å². The molecule has 2 rings (SSSR count). The minimum Gasteiger partial charge on any atom is -0.399 e. The largest absolute Gasteiger partial charge is 0.399 e. The van der Waals surface area contributed by atoms with Crippen LogP contribution < -0.4 is 11.1 Å². The number of nitrogens with one attached hydrogen (secondary N) is 1. The molecule has 1 unspecified atom stereocenters. The van der Waals surface area contributed by atoms with Gasteiger partial charge in [-0.1, -0.05) is 19.1 Å². The highest BCUT2D eigenvalue weighted by Crippen LogP contribution is 2.34. The Hall–Kier alpha value is -1.55. The first kappa shape index (κ1) is 14.9. The molecule has 1 aromatic rings. The van der Waals surface area contributed by atoms with Crippen LogP contribution in [0.5, 0.6) is 0 Å². The van der Waals surface area contributed by atoms with Crippen LogP contribution in [-0.2, 0) is 9.53 Å². The molecular formula is C16H24N2O2. The quantitative estimate of drug-likeness (QED) is 0.784. The number of nitrogens with two attached hydrogens (primary N) is 1. The lowest BCUT2D eigenvalue weighted by Crippen LogP contribution is -2.49. The van der Waals surface area contributed by atoms with Crippen molar-refractivity contribution < 1.29 is 9.53 Å². The fourth-order valence-electron chi connectivity index (χ4n) is 2.58. The van der Waals surface area contributed by atoms with Gasteiger partial charge in [0.2, 0.25) is 5.91 Å². The number of amides is 1. The maximum absolute atomic E-state index is 12.0. The predicted octanol–water partition coefficient (Wildman–Crippen LogP) is 2.45. The van der Waals surface area contributed by atoms with Crippen molar-refractivity contribution >= 4 is 11.6 Å². The molecule has 1 fully saturated rings.